The molecule has 0 saturated carbocycles. The van der Waals surface area contributed by atoms with Gasteiger partial charge in [0.1, 0.15) is 0 Å². The summed E-state index contributed by atoms with van der Waals surface area (Å²) < 4.78 is 29.8. The SMILES string of the molecule is CCCCCCCCCCCC(=O)N(C)CCS(=O)(=O)O.[NaH]. The van der Waals surface area contributed by atoms with E-state index in [-0.39, 0.29) is 42.0 Å². The standard InChI is InChI=1S/C15H31NO4S.Na.H/c1-3-4-5-6-7-8-9-10-11-12-15(17)16(2)13-14-21(18,19)20;;/h3-14H2,1-2H3,(H,18,19,20);;. The normalized spacial score (nSPS) is 11.0. The third kappa shape index (κ3) is 16.7. The second-order valence-corrected chi connectivity index (χ2v) is 7.25. The maximum atomic E-state index is 11.7. The maximum absolute atomic E-state index is 11.7. The fourth-order valence-electron chi connectivity index (χ4n) is 2.15. The van der Waals surface area contributed by atoms with E-state index in [2.05, 4.69) is 6.92 Å². The Kier molecular flexibility index (Phi) is 16.7. The molecule has 22 heavy (non-hydrogen) atoms. The zero-order valence-electron chi connectivity index (χ0n) is 13.5. The number of amides is 1. The first-order valence-corrected chi connectivity index (χ1v) is 9.67. The molecule has 0 aliphatic heterocycles. The van der Waals surface area contributed by atoms with Crippen LogP contribution in [0, 0.1) is 0 Å². The molecule has 0 aliphatic carbocycles. The molecular weight excluding hydrogens is 313 g/mol. The molecule has 0 fully saturated rings. The molecule has 0 heterocycles. The van der Waals surface area contributed by atoms with Gasteiger partial charge in [-0.1, -0.05) is 58.3 Å². The van der Waals surface area contributed by atoms with Crippen LogP contribution < -0.4 is 0 Å². The molecule has 0 saturated heterocycles. The average Bonchev–Trinajstić information content (AvgIpc) is 2.41. The Morgan fingerprint density at radius 2 is 1.41 bits per heavy atom. The molecule has 0 aromatic rings. The summed E-state index contributed by atoms with van der Waals surface area (Å²) in [6, 6.07) is 0. The molecule has 1 N–H and O–H groups in total. The van der Waals surface area contributed by atoms with E-state index in [9.17, 15) is 13.2 Å². The minimum absolute atomic E-state index is 0. The van der Waals surface area contributed by atoms with E-state index in [0.717, 1.165) is 19.3 Å². The van der Waals surface area contributed by atoms with Gasteiger partial charge in [0, 0.05) is 20.0 Å². The number of carbonyl (C=O) groups is 1. The summed E-state index contributed by atoms with van der Waals surface area (Å²) >= 11 is 0. The number of hydrogen-bond acceptors (Lipinski definition) is 3. The van der Waals surface area contributed by atoms with Gasteiger partial charge in [0.2, 0.25) is 5.91 Å². The van der Waals surface area contributed by atoms with Gasteiger partial charge in [0.25, 0.3) is 10.1 Å². The fourth-order valence-corrected chi connectivity index (χ4v) is 2.66. The Morgan fingerprint density at radius 3 is 1.86 bits per heavy atom. The summed E-state index contributed by atoms with van der Waals surface area (Å²) in [7, 11) is -2.42. The summed E-state index contributed by atoms with van der Waals surface area (Å²) in [4.78, 5) is 13.1. The number of hydrogen-bond donors (Lipinski definition) is 1. The summed E-state index contributed by atoms with van der Waals surface area (Å²) in [5.41, 5.74) is 0. The van der Waals surface area contributed by atoms with E-state index in [1.807, 2.05) is 0 Å². The molecule has 0 unspecified atom stereocenters. The van der Waals surface area contributed by atoms with Crippen LogP contribution in [0.5, 0.6) is 0 Å². The molecule has 7 heteroatoms. The molecule has 0 bridgehead atoms. The van der Waals surface area contributed by atoms with Crippen LogP contribution >= 0.6 is 0 Å². The van der Waals surface area contributed by atoms with Gasteiger partial charge in [0.15, 0.2) is 0 Å². The topological polar surface area (TPSA) is 74.7 Å². The van der Waals surface area contributed by atoms with Crippen LogP contribution in [-0.2, 0) is 14.9 Å². The van der Waals surface area contributed by atoms with E-state index >= 15 is 0 Å². The monoisotopic (exact) mass is 345 g/mol. The zero-order valence-corrected chi connectivity index (χ0v) is 14.3. The summed E-state index contributed by atoms with van der Waals surface area (Å²) in [5, 5.41) is 0. The second-order valence-electron chi connectivity index (χ2n) is 5.68. The third-order valence-corrected chi connectivity index (χ3v) is 4.30. The van der Waals surface area contributed by atoms with Gasteiger partial charge in [-0.25, -0.2) is 0 Å². The molecule has 5 nitrogen and oxygen atoms in total. The number of rotatable bonds is 13. The van der Waals surface area contributed by atoms with Gasteiger partial charge in [0.05, 0.1) is 5.75 Å². The van der Waals surface area contributed by atoms with Crippen LogP contribution in [-0.4, -0.2) is 72.7 Å². The van der Waals surface area contributed by atoms with Crippen LogP contribution in [0.3, 0.4) is 0 Å². The van der Waals surface area contributed by atoms with Gasteiger partial charge in [-0.3, -0.25) is 9.35 Å². The van der Waals surface area contributed by atoms with Crippen LogP contribution in [0.2, 0.25) is 0 Å². The first-order chi connectivity index (χ1) is 9.87. The van der Waals surface area contributed by atoms with Crippen molar-refractivity contribution in [3.63, 3.8) is 0 Å². The molecule has 0 atom stereocenters. The molecule has 0 rings (SSSR count). The number of nitrogens with zero attached hydrogens (tertiary/aromatic N) is 1. The van der Waals surface area contributed by atoms with Gasteiger partial charge in [-0.2, -0.15) is 8.42 Å². The van der Waals surface area contributed by atoms with Crippen molar-refractivity contribution >= 4 is 45.6 Å². The first kappa shape index (κ1) is 24.6. The van der Waals surface area contributed by atoms with Gasteiger partial charge in [-0.05, 0) is 6.42 Å². The van der Waals surface area contributed by atoms with E-state index in [1.54, 1.807) is 7.05 Å². The Bertz CT molecular complexity index is 374. The summed E-state index contributed by atoms with van der Waals surface area (Å²) in [5.74, 6) is -0.450. The van der Waals surface area contributed by atoms with Crippen molar-refractivity contribution in [3.05, 3.63) is 0 Å². The zero-order chi connectivity index (χ0) is 16.1. The van der Waals surface area contributed by atoms with Crippen LogP contribution in [0.4, 0.5) is 0 Å². The number of unbranched alkanes of at least 4 members (excludes halogenated alkanes) is 8. The predicted molar refractivity (Wildman–Crippen MR) is 93.0 cm³/mol. The molecule has 0 aliphatic rings. The first-order valence-electron chi connectivity index (χ1n) is 8.06. The number of carbonyl (C=O) groups excluding carboxylic acids is 1. The predicted octanol–water partition coefficient (Wildman–Crippen LogP) is 2.60. The van der Waals surface area contributed by atoms with Crippen LogP contribution in [0.1, 0.15) is 71.1 Å². The van der Waals surface area contributed by atoms with Gasteiger partial charge in [-0.15, -0.1) is 0 Å². The molecule has 0 aromatic carbocycles. The summed E-state index contributed by atoms with van der Waals surface area (Å²) in [6.45, 7) is 2.26. The Balaban J connectivity index is 0. The van der Waals surface area contributed by atoms with E-state index in [0.29, 0.717) is 6.42 Å². The molecule has 0 radical (unpaired) electrons. The summed E-state index contributed by atoms with van der Waals surface area (Å²) in [6.07, 6.45) is 11.3. The fraction of sp³-hybridized carbons (Fsp3) is 0.933. The van der Waals surface area contributed by atoms with Crippen molar-refractivity contribution < 1.29 is 17.8 Å². The van der Waals surface area contributed by atoms with Gasteiger partial charge >= 0.3 is 29.6 Å². The molecule has 1 amide bonds. The molecule has 128 valence electrons. The Hall–Kier alpha value is 0.380. The molecular formula is C15H32NNaO4S. The average molecular weight is 345 g/mol. The van der Waals surface area contributed by atoms with Crippen molar-refractivity contribution in [1.82, 2.24) is 4.90 Å². The van der Waals surface area contributed by atoms with Crippen molar-refractivity contribution in [2.24, 2.45) is 0 Å². The van der Waals surface area contributed by atoms with E-state index in [4.69, 9.17) is 4.55 Å². The van der Waals surface area contributed by atoms with Crippen molar-refractivity contribution in [1.29, 1.82) is 0 Å². The molecule has 0 spiro atoms. The van der Waals surface area contributed by atoms with Crippen molar-refractivity contribution in [2.45, 2.75) is 71.1 Å². The Labute approximate surface area is 158 Å². The van der Waals surface area contributed by atoms with E-state index in [1.165, 1.54) is 43.4 Å². The van der Waals surface area contributed by atoms with Crippen LogP contribution in [0.25, 0.3) is 0 Å². The van der Waals surface area contributed by atoms with E-state index < -0.39 is 15.9 Å². The van der Waals surface area contributed by atoms with Gasteiger partial charge < -0.3 is 4.90 Å². The molecule has 0 aromatic heterocycles. The third-order valence-electron chi connectivity index (χ3n) is 3.60. The Morgan fingerprint density at radius 1 is 0.955 bits per heavy atom. The second kappa shape index (κ2) is 14.9. The van der Waals surface area contributed by atoms with Crippen molar-refractivity contribution in [2.75, 3.05) is 19.3 Å². The van der Waals surface area contributed by atoms with Crippen molar-refractivity contribution in [3.8, 4) is 0 Å². The quantitative estimate of drug-likeness (QED) is 0.316. The van der Waals surface area contributed by atoms with Crippen LogP contribution in [0.15, 0.2) is 0 Å². The minimum atomic E-state index is -3.99.